The van der Waals surface area contributed by atoms with Gasteiger partial charge in [-0.1, -0.05) is 53.2 Å². The molecule has 9 heteroatoms. The molecule has 0 atom stereocenters. The lowest BCUT2D eigenvalue weighted by Crippen LogP contribution is -2.14. The number of thioether (sulfide) groups is 1. The van der Waals surface area contributed by atoms with E-state index in [1.165, 1.54) is 11.8 Å². The van der Waals surface area contributed by atoms with Crippen molar-refractivity contribution >= 4 is 46.6 Å². The second-order valence-electron chi connectivity index (χ2n) is 6.90. The summed E-state index contributed by atoms with van der Waals surface area (Å²) in [4.78, 5) is 12.5. The van der Waals surface area contributed by atoms with Crippen molar-refractivity contribution in [2.45, 2.75) is 12.1 Å². The average molecular weight is 499 g/mol. The first-order chi connectivity index (χ1) is 16.0. The Balaban J connectivity index is 1.62. The summed E-state index contributed by atoms with van der Waals surface area (Å²) in [6, 6.07) is 22.1. The number of benzene rings is 3. The molecule has 0 bridgehead atoms. The van der Waals surface area contributed by atoms with Crippen LogP contribution in [0.1, 0.15) is 6.92 Å². The molecule has 1 heterocycles. The Labute approximate surface area is 205 Å². The predicted octanol–water partition coefficient (Wildman–Crippen LogP) is 6.37. The number of anilines is 1. The van der Waals surface area contributed by atoms with E-state index in [1.807, 2.05) is 54.0 Å². The highest BCUT2D eigenvalue weighted by Gasteiger charge is 2.19. The monoisotopic (exact) mass is 498 g/mol. The zero-order valence-electron chi connectivity index (χ0n) is 17.7. The molecule has 1 aromatic heterocycles. The van der Waals surface area contributed by atoms with Gasteiger partial charge in [0.1, 0.15) is 5.75 Å². The van der Waals surface area contributed by atoms with Gasteiger partial charge in [-0.2, -0.15) is 0 Å². The molecule has 4 aromatic rings. The van der Waals surface area contributed by atoms with Crippen LogP contribution in [0.2, 0.25) is 10.0 Å². The summed E-state index contributed by atoms with van der Waals surface area (Å²) in [5, 5.41) is 13.3. The van der Waals surface area contributed by atoms with Gasteiger partial charge in [0.2, 0.25) is 5.91 Å². The molecule has 0 fully saturated rings. The molecule has 0 radical (unpaired) electrons. The van der Waals surface area contributed by atoms with Crippen LogP contribution in [0.25, 0.3) is 17.1 Å². The lowest BCUT2D eigenvalue weighted by molar-refractivity contribution is -0.113. The topological polar surface area (TPSA) is 69.0 Å². The second-order valence-corrected chi connectivity index (χ2v) is 8.68. The summed E-state index contributed by atoms with van der Waals surface area (Å²) in [7, 11) is 0. The first-order valence-electron chi connectivity index (χ1n) is 10.2. The Morgan fingerprint density at radius 1 is 1.03 bits per heavy atom. The van der Waals surface area contributed by atoms with E-state index in [4.69, 9.17) is 27.9 Å². The number of carbonyl (C=O) groups is 1. The Kier molecular flexibility index (Phi) is 7.54. The Morgan fingerprint density at radius 2 is 1.82 bits per heavy atom. The third-order valence-corrected chi connectivity index (χ3v) is 6.09. The first kappa shape index (κ1) is 23.2. The van der Waals surface area contributed by atoms with Crippen molar-refractivity contribution in [1.29, 1.82) is 0 Å². The maximum absolute atomic E-state index is 12.5. The quantitative estimate of drug-likeness (QED) is 0.285. The Hall–Kier alpha value is -3.00. The predicted molar refractivity (Wildman–Crippen MR) is 134 cm³/mol. The van der Waals surface area contributed by atoms with Crippen molar-refractivity contribution in [2.75, 3.05) is 17.7 Å². The minimum Gasteiger partial charge on any atom is -0.494 e. The molecule has 6 nitrogen and oxygen atoms in total. The minimum absolute atomic E-state index is 0.143. The lowest BCUT2D eigenvalue weighted by Gasteiger charge is -2.12. The molecular weight excluding hydrogens is 479 g/mol. The Morgan fingerprint density at radius 3 is 2.55 bits per heavy atom. The van der Waals surface area contributed by atoms with Gasteiger partial charge in [-0.05, 0) is 61.5 Å². The van der Waals surface area contributed by atoms with E-state index in [1.54, 1.807) is 30.3 Å². The number of carbonyl (C=O) groups excluding carboxylic acids is 1. The zero-order valence-corrected chi connectivity index (χ0v) is 20.0. The first-order valence-corrected chi connectivity index (χ1v) is 11.9. The summed E-state index contributed by atoms with van der Waals surface area (Å²) in [5.74, 6) is 1.32. The van der Waals surface area contributed by atoms with Crippen molar-refractivity contribution < 1.29 is 9.53 Å². The van der Waals surface area contributed by atoms with Crippen molar-refractivity contribution in [2.24, 2.45) is 0 Å². The highest BCUT2D eigenvalue weighted by atomic mass is 35.5. The second kappa shape index (κ2) is 10.7. The van der Waals surface area contributed by atoms with Gasteiger partial charge in [0.15, 0.2) is 11.0 Å². The molecule has 0 spiro atoms. The number of aromatic nitrogens is 3. The van der Waals surface area contributed by atoms with Gasteiger partial charge in [-0.15, -0.1) is 10.2 Å². The fraction of sp³-hybridized carbons (Fsp3) is 0.125. The summed E-state index contributed by atoms with van der Waals surface area (Å²) in [6.45, 7) is 2.52. The summed E-state index contributed by atoms with van der Waals surface area (Å²) >= 11 is 13.7. The van der Waals surface area contributed by atoms with Gasteiger partial charge in [-0.25, -0.2) is 0 Å². The van der Waals surface area contributed by atoms with Crippen LogP contribution in [0.4, 0.5) is 5.69 Å². The molecule has 0 aliphatic carbocycles. The molecule has 0 saturated heterocycles. The smallest absolute Gasteiger partial charge is 0.234 e. The molecule has 0 aliphatic heterocycles. The molecule has 1 N–H and O–H groups in total. The highest BCUT2D eigenvalue weighted by Crippen LogP contribution is 2.32. The molecule has 0 unspecified atom stereocenters. The maximum Gasteiger partial charge on any atom is 0.234 e. The van der Waals surface area contributed by atoms with Crippen LogP contribution >= 0.6 is 35.0 Å². The molecule has 3 aromatic carbocycles. The van der Waals surface area contributed by atoms with Crippen LogP contribution in [-0.2, 0) is 4.79 Å². The number of halogens is 2. The van der Waals surface area contributed by atoms with Gasteiger partial charge in [0.25, 0.3) is 0 Å². The van der Waals surface area contributed by atoms with Crippen LogP contribution < -0.4 is 10.1 Å². The van der Waals surface area contributed by atoms with Crippen molar-refractivity contribution in [3.8, 4) is 22.8 Å². The third-order valence-electron chi connectivity index (χ3n) is 4.59. The number of hydrogen-bond acceptors (Lipinski definition) is 5. The van der Waals surface area contributed by atoms with Crippen LogP contribution in [0.3, 0.4) is 0 Å². The normalized spacial score (nSPS) is 10.8. The van der Waals surface area contributed by atoms with Crippen LogP contribution in [0, 0.1) is 0 Å². The van der Waals surface area contributed by atoms with E-state index in [2.05, 4.69) is 15.5 Å². The maximum atomic E-state index is 12.5. The SMILES string of the molecule is CCOc1ccc(-n2c(SCC(=O)Nc3cccc(Cl)c3)nnc2-c2ccccc2Cl)cc1. The zero-order chi connectivity index (χ0) is 23.2. The number of nitrogens with one attached hydrogen (secondary N) is 1. The van der Waals surface area contributed by atoms with Crippen LogP contribution in [0.15, 0.2) is 78.0 Å². The van der Waals surface area contributed by atoms with Crippen molar-refractivity contribution in [3.63, 3.8) is 0 Å². The molecule has 0 saturated carbocycles. The third kappa shape index (κ3) is 5.68. The van der Waals surface area contributed by atoms with Gasteiger partial charge >= 0.3 is 0 Å². The Bertz CT molecular complexity index is 1260. The molecule has 168 valence electrons. The van der Waals surface area contributed by atoms with E-state index in [9.17, 15) is 4.79 Å². The van der Waals surface area contributed by atoms with Gasteiger partial charge in [0.05, 0.1) is 17.4 Å². The number of ether oxygens (including phenoxy) is 1. The van der Waals surface area contributed by atoms with Gasteiger partial charge in [-0.3, -0.25) is 9.36 Å². The highest BCUT2D eigenvalue weighted by molar-refractivity contribution is 7.99. The fourth-order valence-electron chi connectivity index (χ4n) is 3.16. The fourth-order valence-corrected chi connectivity index (χ4v) is 4.33. The van der Waals surface area contributed by atoms with Crippen LogP contribution in [-0.4, -0.2) is 33.0 Å². The summed E-state index contributed by atoms with van der Waals surface area (Å²) in [5.41, 5.74) is 2.21. The minimum atomic E-state index is -0.178. The standard InChI is InChI=1S/C24H20Cl2N4O2S/c1-2-32-19-12-10-18(11-13-19)30-23(20-8-3-4-9-21(20)26)28-29-24(30)33-15-22(31)27-17-7-5-6-16(25)14-17/h3-14H,2,15H2,1H3,(H,27,31). The van der Waals surface area contributed by atoms with E-state index in [-0.39, 0.29) is 11.7 Å². The summed E-state index contributed by atoms with van der Waals surface area (Å²) in [6.07, 6.45) is 0. The van der Waals surface area contributed by atoms with E-state index in [0.29, 0.717) is 33.3 Å². The van der Waals surface area contributed by atoms with E-state index < -0.39 is 0 Å². The lowest BCUT2D eigenvalue weighted by atomic mass is 10.2. The molecular formula is C24H20Cl2N4O2S. The number of nitrogens with zero attached hydrogens (tertiary/aromatic N) is 3. The summed E-state index contributed by atoms with van der Waals surface area (Å²) < 4.78 is 7.44. The largest absolute Gasteiger partial charge is 0.494 e. The van der Waals surface area contributed by atoms with E-state index in [0.717, 1.165) is 17.0 Å². The van der Waals surface area contributed by atoms with Gasteiger partial charge in [0, 0.05) is 22.0 Å². The average Bonchev–Trinajstić information content (AvgIpc) is 3.22. The molecule has 0 aliphatic rings. The number of hydrogen-bond donors (Lipinski definition) is 1. The molecule has 33 heavy (non-hydrogen) atoms. The van der Waals surface area contributed by atoms with E-state index >= 15 is 0 Å². The molecule has 1 amide bonds. The van der Waals surface area contributed by atoms with Gasteiger partial charge < -0.3 is 10.1 Å². The van der Waals surface area contributed by atoms with Crippen LogP contribution in [0.5, 0.6) is 5.75 Å². The van der Waals surface area contributed by atoms with Crippen molar-refractivity contribution in [3.05, 3.63) is 82.8 Å². The number of rotatable bonds is 8. The molecule has 4 rings (SSSR count). The number of amides is 1. The van der Waals surface area contributed by atoms with Crippen molar-refractivity contribution in [1.82, 2.24) is 14.8 Å².